The van der Waals surface area contributed by atoms with Gasteiger partial charge in [0.25, 0.3) is 0 Å². The van der Waals surface area contributed by atoms with Crippen molar-refractivity contribution in [1.82, 2.24) is 0 Å². The molecule has 0 saturated heterocycles. The van der Waals surface area contributed by atoms with E-state index in [-0.39, 0.29) is 11.5 Å². The number of esters is 1. The molecule has 0 amide bonds. The molecule has 2 rings (SSSR count). The first-order chi connectivity index (χ1) is 8.13. The number of hydrogen-bond acceptors (Lipinski definition) is 4. The van der Waals surface area contributed by atoms with Crippen LogP contribution < -0.4 is 10.6 Å². The van der Waals surface area contributed by atoms with Crippen LogP contribution in [0.5, 0.6) is 0 Å². The molecule has 1 aliphatic heterocycles. The molecular formula is C13H18N2O2. The molecule has 4 heteroatoms. The van der Waals surface area contributed by atoms with Gasteiger partial charge in [-0.2, -0.15) is 0 Å². The van der Waals surface area contributed by atoms with Crippen LogP contribution in [0.3, 0.4) is 0 Å². The van der Waals surface area contributed by atoms with Crippen LogP contribution in [0.4, 0.5) is 11.4 Å². The molecule has 0 spiro atoms. The highest BCUT2D eigenvalue weighted by molar-refractivity contribution is 5.76. The zero-order chi connectivity index (χ0) is 12.3. The Balaban J connectivity index is 2.07. The number of fused-ring (bicyclic) bond motifs is 1. The van der Waals surface area contributed by atoms with Crippen LogP contribution in [0.15, 0.2) is 24.3 Å². The van der Waals surface area contributed by atoms with Crippen LogP contribution in [0, 0.1) is 0 Å². The van der Waals surface area contributed by atoms with Crippen molar-refractivity contribution in [1.29, 1.82) is 0 Å². The van der Waals surface area contributed by atoms with E-state index in [1.807, 2.05) is 38.1 Å². The monoisotopic (exact) mass is 234 g/mol. The Labute approximate surface area is 101 Å². The summed E-state index contributed by atoms with van der Waals surface area (Å²) >= 11 is 0. The molecule has 0 radical (unpaired) electrons. The highest BCUT2D eigenvalue weighted by atomic mass is 16.5. The Morgan fingerprint density at radius 3 is 2.82 bits per heavy atom. The topological polar surface area (TPSA) is 50.4 Å². The van der Waals surface area contributed by atoms with Gasteiger partial charge in [0, 0.05) is 6.54 Å². The second kappa shape index (κ2) is 4.65. The molecule has 17 heavy (non-hydrogen) atoms. The molecule has 0 fully saturated rings. The lowest BCUT2D eigenvalue weighted by atomic mass is 9.94. The summed E-state index contributed by atoms with van der Waals surface area (Å²) in [6.07, 6.45) is 0.363. The Hall–Kier alpha value is -1.71. The van der Waals surface area contributed by atoms with E-state index in [1.54, 1.807) is 0 Å². The molecular weight excluding hydrogens is 216 g/mol. The summed E-state index contributed by atoms with van der Waals surface area (Å²) in [6.45, 7) is 4.98. The fourth-order valence-corrected chi connectivity index (χ4v) is 2.04. The summed E-state index contributed by atoms with van der Waals surface area (Å²) < 4.78 is 4.99. The number of para-hydroxylation sites is 2. The molecule has 4 nitrogen and oxygen atoms in total. The fourth-order valence-electron chi connectivity index (χ4n) is 2.04. The van der Waals surface area contributed by atoms with Gasteiger partial charge in [-0.05, 0) is 26.0 Å². The van der Waals surface area contributed by atoms with Crippen LogP contribution >= 0.6 is 0 Å². The largest absolute Gasteiger partial charge is 0.466 e. The summed E-state index contributed by atoms with van der Waals surface area (Å²) in [7, 11) is 0. The lowest BCUT2D eigenvalue weighted by Gasteiger charge is -2.37. The molecule has 1 aromatic rings. The molecule has 92 valence electrons. The van der Waals surface area contributed by atoms with Crippen LogP contribution in [0.25, 0.3) is 0 Å². The van der Waals surface area contributed by atoms with E-state index >= 15 is 0 Å². The van der Waals surface area contributed by atoms with Crippen LogP contribution in [-0.2, 0) is 9.53 Å². The summed E-state index contributed by atoms with van der Waals surface area (Å²) in [6, 6.07) is 7.99. The van der Waals surface area contributed by atoms with Crippen molar-refractivity contribution in [2.24, 2.45) is 0 Å². The maximum Gasteiger partial charge on any atom is 0.308 e. The minimum absolute atomic E-state index is 0.163. The molecule has 0 unspecified atom stereocenters. The molecule has 2 N–H and O–H groups in total. The average Bonchev–Trinajstić information content (AvgIpc) is 2.28. The number of ether oxygens (including phenoxy) is 1. The first-order valence-corrected chi connectivity index (χ1v) is 5.90. The number of rotatable bonds is 3. The van der Waals surface area contributed by atoms with Gasteiger partial charge in [0.1, 0.15) is 0 Å². The lowest BCUT2D eigenvalue weighted by molar-refractivity contribution is -0.144. The number of anilines is 2. The summed E-state index contributed by atoms with van der Waals surface area (Å²) in [5, 5.41) is 6.73. The van der Waals surface area contributed by atoms with E-state index in [0.717, 1.165) is 11.4 Å². The molecule has 1 aliphatic rings. The van der Waals surface area contributed by atoms with Crippen molar-refractivity contribution < 1.29 is 9.53 Å². The minimum Gasteiger partial charge on any atom is -0.466 e. The Kier molecular flexibility index (Phi) is 3.22. The maximum absolute atomic E-state index is 11.5. The van der Waals surface area contributed by atoms with Gasteiger partial charge in [-0.1, -0.05) is 12.1 Å². The van der Waals surface area contributed by atoms with E-state index < -0.39 is 0 Å². The van der Waals surface area contributed by atoms with E-state index in [9.17, 15) is 4.79 Å². The summed E-state index contributed by atoms with van der Waals surface area (Å²) in [5.74, 6) is -0.163. The first-order valence-electron chi connectivity index (χ1n) is 5.90. The van der Waals surface area contributed by atoms with Gasteiger partial charge in [-0.25, -0.2) is 0 Å². The van der Waals surface area contributed by atoms with Gasteiger partial charge in [0.05, 0.1) is 29.9 Å². The van der Waals surface area contributed by atoms with Crippen molar-refractivity contribution in [2.75, 3.05) is 23.8 Å². The second-order valence-electron chi connectivity index (χ2n) is 4.57. The highest BCUT2D eigenvalue weighted by Crippen LogP contribution is 2.31. The minimum atomic E-state index is -0.291. The molecule has 1 heterocycles. The number of hydrogen-bond donors (Lipinski definition) is 2. The van der Waals surface area contributed by atoms with Crippen LogP contribution in [-0.4, -0.2) is 24.7 Å². The van der Waals surface area contributed by atoms with Crippen LogP contribution in [0.1, 0.15) is 20.3 Å². The standard InChI is InChI=1S/C13H18N2O2/c1-3-17-12(16)8-13(2)9-14-10-6-4-5-7-11(10)15-13/h4-7,14-15H,3,8-9H2,1-2H3/t13-/m0/s1. The van der Waals surface area contributed by atoms with E-state index in [2.05, 4.69) is 10.6 Å². The highest BCUT2D eigenvalue weighted by Gasteiger charge is 2.31. The Morgan fingerprint density at radius 1 is 1.41 bits per heavy atom. The predicted molar refractivity (Wildman–Crippen MR) is 68.2 cm³/mol. The lowest BCUT2D eigenvalue weighted by Crippen LogP contribution is -2.46. The number of carbonyl (C=O) groups excluding carboxylic acids is 1. The third-order valence-corrected chi connectivity index (χ3v) is 2.87. The molecule has 0 bridgehead atoms. The third kappa shape index (κ3) is 2.70. The van der Waals surface area contributed by atoms with Gasteiger partial charge in [-0.3, -0.25) is 4.79 Å². The second-order valence-corrected chi connectivity index (χ2v) is 4.57. The van der Waals surface area contributed by atoms with E-state index in [4.69, 9.17) is 4.74 Å². The van der Waals surface area contributed by atoms with Gasteiger partial charge in [-0.15, -0.1) is 0 Å². The van der Waals surface area contributed by atoms with Crippen molar-refractivity contribution in [2.45, 2.75) is 25.8 Å². The van der Waals surface area contributed by atoms with Crippen LogP contribution in [0.2, 0.25) is 0 Å². The Bertz CT molecular complexity index is 420. The van der Waals surface area contributed by atoms with E-state index in [1.165, 1.54) is 0 Å². The van der Waals surface area contributed by atoms with Crippen molar-refractivity contribution in [3.05, 3.63) is 24.3 Å². The van der Waals surface area contributed by atoms with E-state index in [0.29, 0.717) is 19.6 Å². The van der Waals surface area contributed by atoms with Gasteiger partial charge >= 0.3 is 5.97 Å². The quantitative estimate of drug-likeness (QED) is 0.787. The number of nitrogens with one attached hydrogen (secondary N) is 2. The summed E-state index contributed by atoms with van der Waals surface area (Å²) in [5.41, 5.74) is 1.82. The smallest absolute Gasteiger partial charge is 0.308 e. The SMILES string of the molecule is CCOC(=O)C[C@@]1(C)CNc2ccccc2N1. The molecule has 1 atom stereocenters. The molecule has 0 aromatic heterocycles. The molecule has 1 aromatic carbocycles. The molecule has 0 saturated carbocycles. The zero-order valence-electron chi connectivity index (χ0n) is 10.2. The van der Waals surface area contributed by atoms with Gasteiger partial charge in [0.15, 0.2) is 0 Å². The maximum atomic E-state index is 11.5. The van der Waals surface area contributed by atoms with Crippen molar-refractivity contribution in [3.8, 4) is 0 Å². The average molecular weight is 234 g/mol. The number of carbonyl (C=O) groups is 1. The van der Waals surface area contributed by atoms with Gasteiger partial charge < -0.3 is 15.4 Å². The third-order valence-electron chi connectivity index (χ3n) is 2.87. The normalized spacial score (nSPS) is 22.0. The van der Waals surface area contributed by atoms with Gasteiger partial charge in [0.2, 0.25) is 0 Å². The molecule has 0 aliphatic carbocycles. The Morgan fingerprint density at radius 2 is 2.12 bits per heavy atom. The van der Waals surface area contributed by atoms with Crippen molar-refractivity contribution >= 4 is 17.3 Å². The first kappa shape index (κ1) is 11.8. The summed E-state index contributed by atoms with van der Waals surface area (Å²) in [4.78, 5) is 11.5. The fraction of sp³-hybridized carbons (Fsp3) is 0.462. The van der Waals surface area contributed by atoms with Crippen molar-refractivity contribution in [3.63, 3.8) is 0 Å². The predicted octanol–water partition coefficient (Wildman–Crippen LogP) is 2.24. The zero-order valence-corrected chi connectivity index (χ0v) is 10.2. The number of benzene rings is 1.